The zero-order valence-electron chi connectivity index (χ0n) is 11.4. The van der Waals surface area contributed by atoms with Crippen molar-refractivity contribution in [3.8, 4) is 11.9 Å². The van der Waals surface area contributed by atoms with Crippen molar-refractivity contribution in [2.24, 2.45) is 0 Å². The lowest BCUT2D eigenvalue weighted by Crippen LogP contribution is -2.15. The molecule has 1 aromatic heterocycles. The van der Waals surface area contributed by atoms with Gasteiger partial charge in [-0.1, -0.05) is 17.7 Å². The third kappa shape index (κ3) is 2.38. The second-order valence-electron chi connectivity index (χ2n) is 4.48. The Hall–Kier alpha value is -2.34. The molecule has 1 atom stereocenters. The van der Waals surface area contributed by atoms with Gasteiger partial charge < -0.3 is 14.8 Å². The number of nitrogens with zero attached hydrogens (tertiary/aromatic N) is 2. The third-order valence-electron chi connectivity index (χ3n) is 3.24. The zero-order valence-corrected chi connectivity index (χ0v) is 12.1. The number of hydrogen-bond donors (Lipinski definition) is 1. The summed E-state index contributed by atoms with van der Waals surface area (Å²) in [7, 11) is 2.95. The Kier molecular flexibility index (Phi) is 3.39. The Morgan fingerprint density at radius 2 is 2.00 bits per heavy atom. The average molecular weight is 306 g/mol. The second-order valence-corrected chi connectivity index (χ2v) is 4.91. The number of methoxy groups -OCH3 is 2. The van der Waals surface area contributed by atoms with Crippen molar-refractivity contribution in [1.29, 1.82) is 0 Å². The van der Waals surface area contributed by atoms with Crippen LogP contribution in [0.2, 0.25) is 5.02 Å². The third-order valence-corrected chi connectivity index (χ3v) is 3.47. The number of fused-ring (bicyclic) bond motifs is 1. The molecular weight excluding hydrogens is 294 g/mol. The Morgan fingerprint density at radius 3 is 2.71 bits per heavy atom. The molecule has 1 aliphatic rings. The van der Waals surface area contributed by atoms with E-state index in [2.05, 4.69) is 15.3 Å². The number of nitrogens with one attached hydrogen (secondary N) is 1. The summed E-state index contributed by atoms with van der Waals surface area (Å²) in [5.74, 6) is -0.370. The minimum absolute atomic E-state index is 0.152. The first kappa shape index (κ1) is 13.6. The fourth-order valence-corrected chi connectivity index (χ4v) is 2.46. The van der Waals surface area contributed by atoms with Crippen molar-refractivity contribution in [2.45, 2.75) is 5.92 Å². The highest BCUT2D eigenvalue weighted by Gasteiger charge is 2.34. The molecule has 7 heteroatoms. The van der Waals surface area contributed by atoms with Gasteiger partial charge in [0.15, 0.2) is 0 Å². The Balaban J connectivity index is 2.11. The van der Waals surface area contributed by atoms with Crippen LogP contribution in [0.15, 0.2) is 24.3 Å². The van der Waals surface area contributed by atoms with Crippen molar-refractivity contribution in [3.05, 3.63) is 40.5 Å². The average Bonchev–Trinajstić information content (AvgIpc) is 2.81. The molecule has 1 amide bonds. The predicted molar refractivity (Wildman–Crippen MR) is 77.1 cm³/mol. The monoisotopic (exact) mass is 305 g/mol. The molecule has 0 saturated carbocycles. The van der Waals surface area contributed by atoms with E-state index < -0.39 is 5.92 Å². The Bertz CT molecular complexity index is 698. The van der Waals surface area contributed by atoms with E-state index in [1.807, 2.05) is 0 Å². The molecule has 0 radical (unpaired) electrons. The van der Waals surface area contributed by atoms with Crippen molar-refractivity contribution in [2.75, 3.05) is 19.5 Å². The van der Waals surface area contributed by atoms with Gasteiger partial charge in [0.25, 0.3) is 0 Å². The van der Waals surface area contributed by atoms with Gasteiger partial charge in [-0.15, -0.1) is 0 Å². The number of rotatable bonds is 3. The predicted octanol–water partition coefficient (Wildman–Crippen LogP) is 2.23. The summed E-state index contributed by atoms with van der Waals surface area (Å²) < 4.78 is 10.2. The van der Waals surface area contributed by atoms with E-state index in [-0.39, 0.29) is 11.9 Å². The molecule has 0 aliphatic carbocycles. The van der Waals surface area contributed by atoms with E-state index in [1.165, 1.54) is 14.2 Å². The van der Waals surface area contributed by atoms with Crippen LogP contribution in [0.3, 0.4) is 0 Å². The summed E-state index contributed by atoms with van der Waals surface area (Å²) in [6.45, 7) is 0. The van der Waals surface area contributed by atoms with E-state index in [9.17, 15) is 4.79 Å². The largest absolute Gasteiger partial charge is 0.481 e. The summed E-state index contributed by atoms with van der Waals surface area (Å²) in [4.78, 5) is 20.5. The molecule has 1 aliphatic heterocycles. The van der Waals surface area contributed by atoms with Crippen molar-refractivity contribution in [3.63, 3.8) is 0 Å². The maximum absolute atomic E-state index is 12.2. The van der Waals surface area contributed by atoms with Crippen LogP contribution in [-0.2, 0) is 4.79 Å². The van der Waals surface area contributed by atoms with Crippen molar-refractivity contribution in [1.82, 2.24) is 9.97 Å². The van der Waals surface area contributed by atoms with Crippen molar-refractivity contribution >= 4 is 23.2 Å². The standard InChI is InChI=1S/C14H12ClN3O3/c1-20-11-6-10(17-14(18-11)21-2)12-8-4-3-7(15)5-9(8)16-13(12)19/h3-6,12H,1-2H3,(H,16,19). The van der Waals surface area contributed by atoms with E-state index in [4.69, 9.17) is 21.1 Å². The Labute approximate surface area is 126 Å². The van der Waals surface area contributed by atoms with Crippen LogP contribution >= 0.6 is 11.6 Å². The molecule has 0 fully saturated rings. The molecule has 1 unspecified atom stereocenters. The highest BCUT2D eigenvalue weighted by atomic mass is 35.5. The summed E-state index contributed by atoms with van der Waals surface area (Å²) in [5.41, 5.74) is 2.01. The van der Waals surface area contributed by atoms with E-state index in [0.29, 0.717) is 22.3 Å². The lowest BCUT2D eigenvalue weighted by Gasteiger charge is -2.11. The number of amides is 1. The maximum atomic E-state index is 12.2. The van der Waals surface area contributed by atoms with Crippen LogP contribution in [0.1, 0.15) is 17.2 Å². The molecule has 0 bridgehead atoms. The van der Waals surface area contributed by atoms with Crippen LogP contribution in [0.25, 0.3) is 0 Å². The molecule has 1 N–H and O–H groups in total. The first-order valence-electron chi connectivity index (χ1n) is 6.19. The summed E-state index contributed by atoms with van der Waals surface area (Å²) in [6, 6.07) is 7.03. The van der Waals surface area contributed by atoms with Gasteiger partial charge in [-0.3, -0.25) is 4.79 Å². The molecule has 3 rings (SSSR count). The molecule has 6 nitrogen and oxygen atoms in total. The van der Waals surface area contributed by atoms with Crippen LogP contribution < -0.4 is 14.8 Å². The van der Waals surface area contributed by atoms with E-state index in [0.717, 1.165) is 5.56 Å². The fourth-order valence-electron chi connectivity index (χ4n) is 2.29. The molecule has 2 heterocycles. The van der Waals surface area contributed by atoms with Gasteiger partial charge in [-0.05, 0) is 17.7 Å². The van der Waals surface area contributed by atoms with Gasteiger partial charge in [0, 0.05) is 16.8 Å². The summed E-state index contributed by atoms with van der Waals surface area (Å²) in [5, 5.41) is 3.36. The normalized spacial score (nSPS) is 16.3. The number of anilines is 1. The van der Waals surface area contributed by atoms with Crippen LogP contribution in [0.5, 0.6) is 11.9 Å². The number of carbonyl (C=O) groups is 1. The first-order chi connectivity index (χ1) is 10.1. The Morgan fingerprint density at radius 1 is 1.19 bits per heavy atom. The van der Waals surface area contributed by atoms with E-state index >= 15 is 0 Å². The zero-order chi connectivity index (χ0) is 15.0. The molecule has 0 spiro atoms. The minimum atomic E-state index is -0.539. The van der Waals surface area contributed by atoms with Crippen LogP contribution in [0, 0.1) is 0 Å². The number of halogens is 1. The van der Waals surface area contributed by atoms with Gasteiger partial charge in [-0.2, -0.15) is 9.97 Å². The number of aromatic nitrogens is 2. The molecule has 1 aromatic carbocycles. The minimum Gasteiger partial charge on any atom is -0.481 e. The fraction of sp³-hybridized carbons (Fsp3) is 0.214. The highest BCUT2D eigenvalue weighted by molar-refractivity contribution is 6.31. The summed E-state index contributed by atoms with van der Waals surface area (Å²) in [6.07, 6.45) is 0. The quantitative estimate of drug-likeness (QED) is 0.941. The van der Waals surface area contributed by atoms with Crippen LogP contribution in [-0.4, -0.2) is 30.1 Å². The smallest absolute Gasteiger partial charge is 0.319 e. The first-order valence-corrected chi connectivity index (χ1v) is 6.57. The molecular formula is C14H12ClN3O3. The van der Waals surface area contributed by atoms with E-state index in [1.54, 1.807) is 24.3 Å². The molecule has 2 aromatic rings. The number of benzene rings is 1. The van der Waals surface area contributed by atoms with Gasteiger partial charge in [0.05, 0.1) is 19.9 Å². The second kappa shape index (κ2) is 5.21. The lowest BCUT2D eigenvalue weighted by molar-refractivity contribution is -0.116. The highest BCUT2D eigenvalue weighted by Crippen LogP contribution is 2.38. The maximum Gasteiger partial charge on any atom is 0.319 e. The number of ether oxygens (including phenoxy) is 2. The van der Waals surface area contributed by atoms with Gasteiger partial charge >= 0.3 is 6.01 Å². The lowest BCUT2D eigenvalue weighted by atomic mass is 9.97. The molecule has 0 saturated heterocycles. The van der Waals surface area contributed by atoms with Gasteiger partial charge in [0.2, 0.25) is 11.8 Å². The van der Waals surface area contributed by atoms with Crippen molar-refractivity contribution < 1.29 is 14.3 Å². The van der Waals surface area contributed by atoms with Gasteiger partial charge in [-0.25, -0.2) is 0 Å². The SMILES string of the molecule is COc1cc(C2C(=O)Nc3cc(Cl)ccc32)nc(OC)n1. The van der Waals surface area contributed by atoms with Crippen LogP contribution in [0.4, 0.5) is 5.69 Å². The number of carbonyl (C=O) groups excluding carboxylic acids is 1. The van der Waals surface area contributed by atoms with Gasteiger partial charge in [0.1, 0.15) is 5.92 Å². The molecule has 21 heavy (non-hydrogen) atoms. The number of hydrogen-bond acceptors (Lipinski definition) is 5. The topological polar surface area (TPSA) is 73.3 Å². The molecule has 108 valence electrons. The summed E-state index contributed by atoms with van der Waals surface area (Å²) >= 11 is 5.94.